The van der Waals surface area contributed by atoms with Gasteiger partial charge < -0.3 is 10.1 Å². The van der Waals surface area contributed by atoms with Gasteiger partial charge in [0.1, 0.15) is 5.75 Å². The summed E-state index contributed by atoms with van der Waals surface area (Å²) in [7, 11) is 0. The van der Waals surface area contributed by atoms with Crippen LogP contribution in [0.2, 0.25) is 5.02 Å². The Labute approximate surface area is 173 Å². The summed E-state index contributed by atoms with van der Waals surface area (Å²) in [5.74, 6) is 1.28. The van der Waals surface area contributed by atoms with Crippen LogP contribution in [-0.2, 0) is 6.54 Å². The summed E-state index contributed by atoms with van der Waals surface area (Å²) in [6.45, 7) is 5.88. The van der Waals surface area contributed by atoms with E-state index in [0.717, 1.165) is 30.3 Å². The molecule has 146 valence electrons. The standard InChI is InChI=1S/C25H28ClNO/c1-19(2)28-24-14-10-22(11-15-24)25(21-6-4-3-5-7-21)16-17-27-18-20-8-12-23(26)13-9-20/h3-15,19,25,27H,16-18H2,1-2H3/t25-/m1/s1. The van der Waals surface area contributed by atoms with Gasteiger partial charge in [-0.05, 0) is 67.8 Å². The number of nitrogens with one attached hydrogen (secondary N) is 1. The monoisotopic (exact) mass is 393 g/mol. The third-order valence-corrected chi connectivity index (χ3v) is 4.96. The van der Waals surface area contributed by atoms with Crippen molar-refractivity contribution in [3.63, 3.8) is 0 Å². The number of hydrogen-bond donors (Lipinski definition) is 1. The highest BCUT2D eigenvalue weighted by Gasteiger charge is 2.14. The second-order valence-corrected chi connectivity index (χ2v) is 7.73. The van der Waals surface area contributed by atoms with Gasteiger partial charge in [0, 0.05) is 17.5 Å². The minimum atomic E-state index is 0.188. The Kier molecular flexibility index (Phi) is 7.53. The number of benzene rings is 3. The van der Waals surface area contributed by atoms with Crippen LogP contribution in [0.5, 0.6) is 5.75 Å². The molecule has 0 amide bonds. The van der Waals surface area contributed by atoms with Gasteiger partial charge in [0.25, 0.3) is 0 Å². The third kappa shape index (κ3) is 6.12. The van der Waals surface area contributed by atoms with Crippen molar-refractivity contribution in [1.29, 1.82) is 0 Å². The van der Waals surface area contributed by atoms with Crippen LogP contribution in [0.4, 0.5) is 0 Å². The first-order chi connectivity index (χ1) is 13.6. The van der Waals surface area contributed by atoms with Crippen LogP contribution in [0.3, 0.4) is 0 Å². The van der Waals surface area contributed by atoms with Gasteiger partial charge in [0.05, 0.1) is 6.10 Å². The maximum atomic E-state index is 5.96. The molecule has 3 aromatic carbocycles. The zero-order valence-corrected chi connectivity index (χ0v) is 17.3. The first-order valence-corrected chi connectivity index (χ1v) is 10.3. The lowest BCUT2D eigenvalue weighted by Crippen LogP contribution is -2.17. The van der Waals surface area contributed by atoms with E-state index in [1.165, 1.54) is 16.7 Å². The largest absolute Gasteiger partial charge is 0.491 e. The second kappa shape index (κ2) is 10.3. The van der Waals surface area contributed by atoms with E-state index in [0.29, 0.717) is 5.92 Å². The van der Waals surface area contributed by atoms with Crippen LogP contribution in [0.15, 0.2) is 78.9 Å². The molecule has 0 saturated heterocycles. The normalized spacial score (nSPS) is 12.1. The smallest absolute Gasteiger partial charge is 0.119 e. The van der Waals surface area contributed by atoms with Crippen molar-refractivity contribution >= 4 is 11.6 Å². The molecule has 0 aromatic heterocycles. The first-order valence-electron chi connectivity index (χ1n) is 9.88. The van der Waals surface area contributed by atoms with Crippen molar-refractivity contribution in [3.8, 4) is 5.75 Å². The van der Waals surface area contributed by atoms with Gasteiger partial charge in [0.15, 0.2) is 0 Å². The van der Waals surface area contributed by atoms with Crippen molar-refractivity contribution in [2.45, 2.75) is 38.8 Å². The van der Waals surface area contributed by atoms with Crippen molar-refractivity contribution in [3.05, 3.63) is 101 Å². The molecule has 0 unspecified atom stereocenters. The van der Waals surface area contributed by atoms with Gasteiger partial charge in [-0.2, -0.15) is 0 Å². The molecule has 0 fully saturated rings. The van der Waals surface area contributed by atoms with Crippen LogP contribution >= 0.6 is 11.6 Å². The predicted octanol–water partition coefficient (Wildman–Crippen LogP) is 6.44. The van der Waals surface area contributed by atoms with E-state index in [4.69, 9.17) is 16.3 Å². The van der Waals surface area contributed by atoms with Crippen LogP contribution in [0, 0.1) is 0 Å². The van der Waals surface area contributed by atoms with Crippen LogP contribution in [-0.4, -0.2) is 12.6 Å². The molecule has 0 aliphatic carbocycles. The van der Waals surface area contributed by atoms with E-state index >= 15 is 0 Å². The molecule has 0 radical (unpaired) electrons. The molecular weight excluding hydrogens is 366 g/mol. The lowest BCUT2D eigenvalue weighted by atomic mass is 9.88. The van der Waals surface area contributed by atoms with E-state index < -0.39 is 0 Å². The Bertz CT molecular complexity index is 829. The summed E-state index contributed by atoms with van der Waals surface area (Å²) < 4.78 is 5.79. The van der Waals surface area contributed by atoms with Crippen LogP contribution in [0.1, 0.15) is 42.9 Å². The molecule has 0 aliphatic rings. The molecule has 3 aromatic rings. The fourth-order valence-corrected chi connectivity index (χ4v) is 3.47. The first kappa shape index (κ1) is 20.4. The fraction of sp³-hybridized carbons (Fsp3) is 0.280. The molecular formula is C25H28ClNO. The van der Waals surface area contributed by atoms with E-state index in [9.17, 15) is 0 Å². The van der Waals surface area contributed by atoms with Crippen molar-refractivity contribution in [1.82, 2.24) is 5.32 Å². The quantitative estimate of drug-likeness (QED) is 0.422. The maximum Gasteiger partial charge on any atom is 0.119 e. The summed E-state index contributed by atoms with van der Waals surface area (Å²) >= 11 is 5.96. The Morgan fingerprint density at radius 2 is 1.46 bits per heavy atom. The van der Waals surface area contributed by atoms with Gasteiger partial charge in [-0.15, -0.1) is 0 Å². The molecule has 0 spiro atoms. The third-order valence-electron chi connectivity index (χ3n) is 4.71. The molecule has 1 atom stereocenters. The summed E-state index contributed by atoms with van der Waals surface area (Å²) in [5.41, 5.74) is 3.90. The fourth-order valence-electron chi connectivity index (χ4n) is 3.34. The van der Waals surface area contributed by atoms with Crippen molar-refractivity contribution in [2.75, 3.05) is 6.54 Å². The minimum absolute atomic E-state index is 0.188. The molecule has 28 heavy (non-hydrogen) atoms. The highest BCUT2D eigenvalue weighted by molar-refractivity contribution is 6.30. The summed E-state index contributed by atoms with van der Waals surface area (Å²) in [4.78, 5) is 0. The van der Waals surface area contributed by atoms with E-state index in [2.05, 4.69) is 72.0 Å². The number of halogens is 1. The molecule has 1 N–H and O–H groups in total. The van der Waals surface area contributed by atoms with E-state index in [1.54, 1.807) is 0 Å². The summed E-state index contributed by atoms with van der Waals surface area (Å²) in [5, 5.41) is 4.34. The topological polar surface area (TPSA) is 21.3 Å². The second-order valence-electron chi connectivity index (χ2n) is 7.29. The molecule has 3 rings (SSSR count). The molecule has 0 heterocycles. The SMILES string of the molecule is CC(C)Oc1ccc([C@H](CCNCc2ccc(Cl)cc2)c2ccccc2)cc1. The highest BCUT2D eigenvalue weighted by Crippen LogP contribution is 2.29. The number of hydrogen-bond acceptors (Lipinski definition) is 2. The molecule has 0 aliphatic heterocycles. The Balaban J connectivity index is 1.65. The molecule has 3 heteroatoms. The summed E-state index contributed by atoms with van der Waals surface area (Å²) in [6.07, 6.45) is 1.22. The molecule has 0 saturated carbocycles. The predicted molar refractivity (Wildman–Crippen MR) is 118 cm³/mol. The van der Waals surface area contributed by atoms with Crippen LogP contribution in [0.25, 0.3) is 0 Å². The zero-order chi connectivity index (χ0) is 19.8. The maximum absolute atomic E-state index is 5.96. The Morgan fingerprint density at radius 3 is 2.11 bits per heavy atom. The van der Waals surface area contributed by atoms with Crippen molar-refractivity contribution < 1.29 is 4.74 Å². The van der Waals surface area contributed by atoms with Gasteiger partial charge in [-0.1, -0.05) is 66.2 Å². The van der Waals surface area contributed by atoms with E-state index in [-0.39, 0.29) is 6.10 Å². The van der Waals surface area contributed by atoms with Gasteiger partial charge in [-0.3, -0.25) is 0 Å². The highest BCUT2D eigenvalue weighted by atomic mass is 35.5. The van der Waals surface area contributed by atoms with Gasteiger partial charge >= 0.3 is 0 Å². The Morgan fingerprint density at radius 1 is 0.821 bits per heavy atom. The molecule has 0 bridgehead atoms. The summed E-state index contributed by atoms with van der Waals surface area (Å²) in [6, 6.07) is 27.2. The minimum Gasteiger partial charge on any atom is -0.491 e. The lowest BCUT2D eigenvalue weighted by Gasteiger charge is -2.19. The Hall–Kier alpha value is -2.29. The number of rotatable bonds is 9. The molecule has 2 nitrogen and oxygen atoms in total. The van der Waals surface area contributed by atoms with Gasteiger partial charge in [-0.25, -0.2) is 0 Å². The van der Waals surface area contributed by atoms with Crippen LogP contribution < -0.4 is 10.1 Å². The zero-order valence-electron chi connectivity index (χ0n) is 16.6. The van der Waals surface area contributed by atoms with Crippen molar-refractivity contribution in [2.24, 2.45) is 0 Å². The van der Waals surface area contributed by atoms with E-state index in [1.807, 2.05) is 26.0 Å². The average Bonchev–Trinajstić information content (AvgIpc) is 2.70. The lowest BCUT2D eigenvalue weighted by molar-refractivity contribution is 0.242. The average molecular weight is 394 g/mol. The number of ether oxygens (including phenoxy) is 1. The van der Waals surface area contributed by atoms with Gasteiger partial charge in [0.2, 0.25) is 0 Å².